The Labute approximate surface area is 114 Å². The van der Waals surface area contributed by atoms with Gasteiger partial charge in [-0.05, 0) is 31.9 Å². The Morgan fingerprint density at radius 1 is 1.11 bits per heavy atom. The van der Waals surface area contributed by atoms with Gasteiger partial charge in [0, 0.05) is 13.1 Å². The zero-order chi connectivity index (χ0) is 13.1. The molecule has 2 aliphatic rings. The van der Waals surface area contributed by atoms with Gasteiger partial charge in [0.1, 0.15) is 12.7 Å². The Kier molecular flexibility index (Phi) is 3.89. The third-order valence-corrected chi connectivity index (χ3v) is 3.63. The minimum atomic E-state index is 0.0775. The van der Waals surface area contributed by atoms with E-state index in [-0.39, 0.29) is 6.10 Å². The van der Waals surface area contributed by atoms with Crippen molar-refractivity contribution in [3.05, 3.63) is 24.3 Å². The summed E-state index contributed by atoms with van der Waals surface area (Å²) in [7, 11) is 0. The van der Waals surface area contributed by atoms with Crippen LogP contribution in [0.3, 0.4) is 0 Å². The van der Waals surface area contributed by atoms with E-state index in [1.165, 1.54) is 6.42 Å². The smallest absolute Gasteiger partial charge is 0.161 e. The van der Waals surface area contributed by atoms with Crippen LogP contribution in [0.1, 0.15) is 19.8 Å². The quantitative estimate of drug-likeness (QED) is 0.901. The molecule has 0 aliphatic carbocycles. The average Bonchev–Trinajstić information content (AvgIpc) is 2.84. The van der Waals surface area contributed by atoms with Crippen LogP contribution in [0.2, 0.25) is 0 Å². The molecule has 19 heavy (non-hydrogen) atoms. The van der Waals surface area contributed by atoms with Crippen LogP contribution in [-0.4, -0.2) is 38.0 Å². The summed E-state index contributed by atoms with van der Waals surface area (Å²) in [6.07, 6.45) is 3.16. The molecule has 104 valence electrons. The number of hydrogen-bond donors (Lipinski definition) is 1. The van der Waals surface area contributed by atoms with Crippen molar-refractivity contribution in [1.29, 1.82) is 0 Å². The van der Waals surface area contributed by atoms with Crippen LogP contribution >= 0.6 is 0 Å². The number of ether oxygens (including phenoxy) is 3. The Bertz CT molecular complexity index is 424. The first-order valence-corrected chi connectivity index (χ1v) is 7.06. The van der Waals surface area contributed by atoms with Crippen LogP contribution in [0, 0.1) is 0 Å². The molecule has 4 nitrogen and oxygen atoms in total. The number of rotatable bonds is 4. The van der Waals surface area contributed by atoms with Gasteiger partial charge in [0.25, 0.3) is 0 Å². The summed E-state index contributed by atoms with van der Waals surface area (Å²) in [5.41, 5.74) is 0. The third kappa shape index (κ3) is 3.19. The highest BCUT2D eigenvalue weighted by molar-refractivity contribution is 5.40. The first kappa shape index (κ1) is 12.8. The van der Waals surface area contributed by atoms with Gasteiger partial charge in [-0.1, -0.05) is 12.1 Å². The van der Waals surface area contributed by atoms with Crippen LogP contribution < -0.4 is 14.8 Å². The molecule has 3 atom stereocenters. The number of hydrogen-bond acceptors (Lipinski definition) is 4. The van der Waals surface area contributed by atoms with Gasteiger partial charge >= 0.3 is 0 Å². The molecule has 3 rings (SSSR count). The van der Waals surface area contributed by atoms with Gasteiger partial charge in [-0.2, -0.15) is 0 Å². The Morgan fingerprint density at radius 3 is 2.68 bits per heavy atom. The number of nitrogens with one attached hydrogen (secondary N) is 1. The van der Waals surface area contributed by atoms with Crippen molar-refractivity contribution in [2.75, 3.05) is 19.7 Å². The van der Waals surface area contributed by atoms with E-state index in [0.29, 0.717) is 18.8 Å². The van der Waals surface area contributed by atoms with E-state index in [1.54, 1.807) is 0 Å². The molecule has 0 aromatic heterocycles. The van der Waals surface area contributed by atoms with Crippen LogP contribution in [0.4, 0.5) is 0 Å². The fraction of sp³-hybridized carbons (Fsp3) is 0.600. The van der Waals surface area contributed by atoms with E-state index in [9.17, 15) is 0 Å². The Hall–Kier alpha value is -1.26. The number of para-hydroxylation sites is 2. The maximum absolute atomic E-state index is 5.89. The van der Waals surface area contributed by atoms with Crippen LogP contribution in [0.25, 0.3) is 0 Å². The Balaban J connectivity index is 1.42. The normalized spacial score (nSPS) is 29.4. The molecule has 3 unspecified atom stereocenters. The predicted octanol–water partition coefficient (Wildman–Crippen LogP) is 1.98. The highest BCUT2D eigenvalue weighted by Crippen LogP contribution is 2.30. The van der Waals surface area contributed by atoms with Gasteiger partial charge in [-0.15, -0.1) is 0 Å². The molecule has 2 heterocycles. The van der Waals surface area contributed by atoms with Gasteiger partial charge in [0.15, 0.2) is 11.5 Å². The van der Waals surface area contributed by atoms with E-state index < -0.39 is 0 Å². The van der Waals surface area contributed by atoms with Gasteiger partial charge in [-0.25, -0.2) is 0 Å². The second-order valence-electron chi connectivity index (χ2n) is 5.30. The monoisotopic (exact) mass is 263 g/mol. The molecular formula is C15H21NO3. The second-order valence-corrected chi connectivity index (χ2v) is 5.30. The highest BCUT2D eigenvalue weighted by Gasteiger charge is 2.23. The van der Waals surface area contributed by atoms with E-state index in [0.717, 1.165) is 31.0 Å². The van der Waals surface area contributed by atoms with Gasteiger partial charge in [0.05, 0.1) is 12.2 Å². The maximum atomic E-state index is 5.89. The lowest BCUT2D eigenvalue weighted by atomic mass is 10.2. The second kappa shape index (κ2) is 5.80. The fourth-order valence-electron chi connectivity index (χ4n) is 2.60. The van der Waals surface area contributed by atoms with Gasteiger partial charge in [-0.3, -0.25) is 0 Å². The van der Waals surface area contributed by atoms with Crippen LogP contribution in [-0.2, 0) is 4.74 Å². The van der Waals surface area contributed by atoms with Gasteiger partial charge < -0.3 is 19.5 Å². The molecule has 0 bridgehead atoms. The van der Waals surface area contributed by atoms with E-state index in [4.69, 9.17) is 14.2 Å². The van der Waals surface area contributed by atoms with Crippen molar-refractivity contribution >= 4 is 0 Å². The molecule has 1 fully saturated rings. The largest absolute Gasteiger partial charge is 0.486 e. The van der Waals surface area contributed by atoms with Crippen LogP contribution in [0.5, 0.6) is 11.5 Å². The standard InChI is InChI=1S/C15H21NO3/c1-11-6-7-12(18-11)8-16-9-13-10-17-14-4-2-3-5-15(14)19-13/h2-5,11-13,16H,6-10H2,1H3. The highest BCUT2D eigenvalue weighted by atomic mass is 16.6. The van der Waals surface area contributed by atoms with E-state index in [1.807, 2.05) is 24.3 Å². The molecule has 1 aromatic carbocycles. The van der Waals surface area contributed by atoms with Crippen molar-refractivity contribution in [3.8, 4) is 11.5 Å². The molecular weight excluding hydrogens is 242 g/mol. The summed E-state index contributed by atoms with van der Waals surface area (Å²) in [5, 5.41) is 3.42. The molecule has 4 heteroatoms. The molecule has 0 spiro atoms. The maximum Gasteiger partial charge on any atom is 0.161 e. The molecule has 0 amide bonds. The molecule has 1 N–H and O–H groups in total. The lowest BCUT2D eigenvalue weighted by Crippen LogP contribution is -2.40. The zero-order valence-electron chi connectivity index (χ0n) is 11.3. The predicted molar refractivity (Wildman–Crippen MR) is 72.8 cm³/mol. The summed E-state index contributed by atoms with van der Waals surface area (Å²) in [5.74, 6) is 1.68. The number of benzene rings is 1. The minimum Gasteiger partial charge on any atom is -0.486 e. The summed E-state index contributed by atoms with van der Waals surface area (Å²) < 4.78 is 17.3. The van der Waals surface area contributed by atoms with Crippen molar-refractivity contribution in [2.45, 2.75) is 38.1 Å². The average molecular weight is 263 g/mol. The van der Waals surface area contributed by atoms with Crippen molar-refractivity contribution in [1.82, 2.24) is 5.32 Å². The number of fused-ring (bicyclic) bond motifs is 1. The molecule has 1 saturated heterocycles. The van der Waals surface area contributed by atoms with Crippen molar-refractivity contribution in [3.63, 3.8) is 0 Å². The summed E-state index contributed by atoms with van der Waals surface area (Å²) in [6, 6.07) is 7.81. The fourth-order valence-corrected chi connectivity index (χ4v) is 2.60. The Morgan fingerprint density at radius 2 is 1.89 bits per heavy atom. The summed E-state index contributed by atoms with van der Waals surface area (Å²) >= 11 is 0. The first-order valence-electron chi connectivity index (χ1n) is 7.06. The molecule has 2 aliphatic heterocycles. The van der Waals surface area contributed by atoms with E-state index >= 15 is 0 Å². The molecule has 1 aromatic rings. The first-order chi connectivity index (χ1) is 9.31. The topological polar surface area (TPSA) is 39.7 Å². The van der Waals surface area contributed by atoms with Crippen molar-refractivity contribution < 1.29 is 14.2 Å². The summed E-state index contributed by atoms with van der Waals surface area (Å²) in [6.45, 7) is 4.43. The third-order valence-electron chi connectivity index (χ3n) is 3.63. The molecule has 0 radical (unpaired) electrons. The minimum absolute atomic E-state index is 0.0775. The lowest BCUT2D eigenvalue weighted by Gasteiger charge is -2.27. The van der Waals surface area contributed by atoms with Crippen LogP contribution in [0.15, 0.2) is 24.3 Å². The van der Waals surface area contributed by atoms with E-state index in [2.05, 4.69) is 12.2 Å². The van der Waals surface area contributed by atoms with Crippen molar-refractivity contribution in [2.24, 2.45) is 0 Å². The SMILES string of the molecule is CC1CCC(CNCC2COc3ccccc3O2)O1. The summed E-state index contributed by atoms with van der Waals surface area (Å²) in [4.78, 5) is 0. The van der Waals surface area contributed by atoms with Gasteiger partial charge in [0.2, 0.25) is 0 Å². The molecule has 0 saturated carbocycles. The lowest BCUT2D eigenvalue weighted by molar-refractivity contribution is 0.0498. The zero-order valence-corrected chi connectivity index (χ0v) is 11.3.